The van der Waals surface area contributed by atoms with E-state index in [4.69, 9.17) is 11.6 Å². The minimum Gasteiger partial charge on any atom is -0.331 e. The summed E-state index contributed by atoms with van der Waals surface area (Å²) in [4.78, 5) is 30.8. The van der Waals surface area contributed by atoms with E-state index in [-0.39, 0.29) is 30.4 Å². The highest BCUT2D eigenvalue weighted by Gasteiger charge is 2.37. The van der Waals surface area contributed by atoms with Gasteiger partial charge < -0.3 is 9.47 Å². The van der Waals surface area contributed by atoms with Gasteiger partial charge in [-0.05, 0) is 62.2 Å². The summed E-state index contributed by atoms with van der Waals surface area (Å²) in [5.41, 5.74) is 3.70. The lowest BCUT2D eigenvalue weighted by atomic mass is 9.97. The lowest BCUT2D eigenvalue weighted by Gasteiger charge is -2.40. The maximum atomic E-state index is 14.1. The Morgan fingerprint density at radius 1 is 0.944 bits per heavy atom. The molecule has 0 spiro atoms. The summed E-state index contributed by atoms with van der Waals surface area (Å²) in [7, 11) is 0. The van der Waals surface area contributed by atoms with E-state index in [9.17, 15) is 9.59 Å². The largest absolute Gasteiger partial charge is 0.331 e. The summed E-state index contributed by atoms with van der Waals surface area (Å²) < 4.78 is 2.13. The second kappa shape index (κ2) is 11.8. The first-order valence-electron chi connectivity index (χ1n) is 13.1. The number of hydrogen-bond acceptors (Lipinski definition) is 2. The Balaban J connectivity index is 1.65. The van der Waals surface area contributed by atoms with Crippen molar-refractivity contribution >= 4 is 29.1 Å². The topological polar surface area (TPSA) is 45.6 Å². The Kier molecular flexibility index (Phi) is 8.52. The molecule has 2 amide bonds. The van der Waals surface area contributed by atoms with E-state index in [1.807, 2.05) is 85.6 Å². The fourth-order valence-corrected chi connectivity index (χ4v) is 5.26. The first-order valence-corrected chi connectivity index (χ1v) is 13.4. The molecule has 1 aromatic heterocycles. The van der Waals surface area contributed by atoms with Crippen LogP contribution in [-0.2, 0) is 9.59 Å². The van der Waals surface area contributed by atoms with Gasteiger partial charge in [0.25, 0.3) is 0 Å². The third-order valence-electron chi connectivity index (χ3n) is 6.90. The second-order valence-corrected chi connectivity index (χ2v) is 10.2. The molecule has 0 N–H and O–H groups in total. The number of halogens is 1. The van der Waals surface area contributed by atoms with Crippen LogP contribution in [0.25, 0.3) is 5.69 Å². The van der Waals surface area contributed by atoms with Gasteiger partial charge >= 0.3 is 0 Å². The summed E-state index contributed by atoms with van der Waals surface area (Å²) in [6.45, 7) is 6.18. The highest BCUT2D eigenvalue weighted by atomic mass is 35.5. The predicted octanol–water partition coefficient (Wildman–Crippen LogP) is 7.16. The lowest BCUT2D eigenvalue weighted by molar-refractivity contribution is -0.137. The molecule has 1 unspecified atom stereocenters. The van der Waals surface area contributed by atoms with Gasteiger partial charge in [0.2, 0.25) is 11.8 Å². The van der Waals surface area contributed by atoms with Gasteiger partial charge in [0.1, 0.15) is 12.6 Å². The SMILES string of the molecule is CCCCCCCC(=O)N(CC(=O)N1c2ccccc2-n2cccc2C1c1cccc(Cl)c1)C(C)C. The number of anilines is 1. The number of carbonyl (C=O) groups is 2. The van der Waals surface area contributed by atoms with Crippen LogP contribution in [-0.4, -0.2) is 33.9 Å². The van der Waals surface area contributed by atoms with Crippen LogP contribution in [0, 0.1) is 0 Å². The molecule has 1 aliphatic heterocycles. The molecular weight excluding hydrogens is 470 g/mol. The molecule has 0 saturated heterocycles. The van der Waals surface area contributed by atoms with Crippen molar-refractivity contribution in [1.82, 2.24) is 9.47 Å². The van der Waals surface area contributed by atoms with E-state index < -0.39 is 0 Å². The third kappa shape index (κ3) is 5.52. The van der Waals surface area contributed by atoms with Crippen molar-refractivity contribution in [2.75, 3.05) is 11.4 Å². The van der Waals surface area contributed by atoms with Gasteiger partial charge in [0, 0.05) is 23.7 Å². The molecule has 3 aromatic rings. The zero-order valence-corrected chi connectivity index (χ0v) is 22.2. The van der Waals surface area contributed by atoms with Crippen LogP contribution in [0.3, 0.4) is 0 Å². The van der Waals surface area contributed by atoms with Gasteiger partial charge in [0.15, 0.2) is 0 Å². The zero-order chi connectivity index (χ0) is 25.7. The summed E-state index contributed by atoms with van der Waals surface area (Å²) in [5, 5.41) is 0.624. The Hall–Kier alpha value is -3.05. The number of unbranched alkanes of at least 4 members (excludes halogenated alkanes) is 4. The number of para-hydroxylation sites is 2. The highest BCUT2D eigenvalue weighted by molar-refractivity contribution is 6.30. The van der Waals surface area contributed by atoms with Gasteiger partial charge in [0.05, 0.1) is 17.1 Å². The van der Waals surface area contributed by atoms with Crippen LogP contribution in [0.5, 0.6) is 0 Å². The van der Waals surface area contributed by atoms with Crippen molar-refractivity contribution < 1.29 is 9.59 Å². The lowest BCUT2D eigenvalue weighted by Crippen LogP contribution is -2.48. The molecular formula is C30H36ClN3O2. The first kappa shape index (κ1) is 26.0. The van der Waals surface area contributed by atoms with Crippen molar-refractivity contribution in [1.29, 1.82) is 0 Å². The number of nitrogens with zero attached hydrogens (tertiary/aromatic N) is 3. The molecule has 1 atom stereocenters. The standard InChI is InChI=1S/C30H36ClN3O2/c1-4-5-6-7-8-18-28(35)33(22(2)3)21-29(36)34-26-16-10-9-15-25(26)32-19-12-17-27(32)30(34)23-13-11-14-24(31)20-23/h9-17,19-20,22,30H,4-8,18,21H2,1-3H3. The normalized spacial score (nSPS) is 14.5. The maximum absolute atomic E-state index is 14.1. The molecule has 0 bridgehead atoms. The molecule has 6 heteroatoms. The molecule has 1 aliphatic rings. The van der Waals surface area contributed by atoms with Gasteiger partial charge in [-0.2, -0.15) is 0 Å². The number of carbonyl (C=O) groups excluding carboxylic acids is 2. The van der Waals surface area contributed by atoms with Crippen molar-refractivity contribution in [2.45, 2.75) is 71.4 Å². The molecule has 0 radical (unpaired) electrons. The number of aromatic nitrogens is 1. The molecule has 2 aromatic carbocycles. The Bertz CT molecular complexity index is 1200. The van der Waals surface area contributed by atoms with Gasteiger partial charge in [-0.1, -0.05) is 68.5 Å². The van der Waals surface area contributed by atoms with Crippen molar-refractivity contribution in [3.05, 3.63) is 83.1 Å². The van der Waals surface area contributed by atoms with Crippen LogP contribution in [0.1, 0.15) is 76.6 Å². The molecule has 0 fully saturated rings. The van der Waals surface area contributed by atoms with Gasteiger partial charge in [-0.15, -0.1) is 0 Å². The number of hydrogen-bond donors (Lipinski definition) is 0. The first-order chi connectivity index (χ1) is 17.4. The van der Waals surface area contributed by atoms with E-state index in [2.05, 4.69) is 11.5 Å². The average Bonchev–Trinajstić information content (AvgIpc) is 3.36. The number of rotatable bonds is 10. The van der Waals surface area contributed by atoms with E-state index in [1.165, 1.54) is 12.8 Å². The Morgan fingerprint density at radius 3 is 2.42 bits per heavy atom. The van der Waals surface area contributed by atoms with Gasteiger partial charge in [-0.3, -0.25) is 14.5 Å². The molecule has 0 saturated carbocycles. The number of amides is 2. The fraction of sp³-hybridized carbons (Fsp3) is 0.400. The van der Waals surface area contributed by atoms with Gasteiger partial charge in [-0.25, -0.2) is 0 Å². The Labute approximate surface area is 219 Å². The quantitative estimate of drug-likeness (QED) is 0.274. The van der Waals surface area contributed by atoms with E-state index in [0.717, 1.165) is 41.9 Å². The summed E-state index contributed by atoms with van der Waals surface area (Å²) >= 11 is 6.38. The van der Waals surface area contributed by atoms with Crippen molar-refractivity contribution in [3.63, 3.8) is 0 Å². The second-order valence-electron chi connectivity index (χ2n) is 9.79. The van der Waals surface area contributed by atoms with Crippen LogP contribution in [0.2, 0.25) is 5.02 Å². The molecule has 5 nitrogen and oxygen atoms in total. The molecule has 36 heavy (non-hydrogen) atoms. The van der Waals surface area contributed by atoms with Crippen LogP contribution in [0.4, 0.5) is 5.69 Å². The molecule has 0 aliphatic carbocycles. The molecule has 4 rings (SSSR count). The smallest absolute Gasteiger partial charge is 0.247 e. The van der Waals surface area contributed by atoms with Crippen LogP contribution >= 0.6 is 11.6 Å². The van der Waals surface area contributed by atoms with Crippen LogP contribution < -0.4 is 4.90 Å². The van der Waals surface area contributed by atoms with E-state index >= 15 is 0 Å². The molecule has 190 valence electrons. The van der Waals surface area contributed by atoms with Crippen molar-refractivity contribution in [3.8, 4) is 5.69 Å². The molecule has 2 heterocycles. The highest BCUT2D eigenvalue weighted by Crippen LogP contribution is 2.42. The number of benzene rings is 2. The minimum absolute atomic E-state index is 0.0393. The third-order valence-corrected chi connectivity index (χ3v) is 7.13. The Morgan fingerprint density at radius 2 is 1.69 bits per heavy atom. The summed E-state index contributed by atoms with van der Waals surface area (Å²) in [6, 6.07) is 19.2. The van der Waals surface area contributed by atoms with Crippen molar-refractivity contribution in [2.24, 2.45) is 0 Å². The number of fused-ring (bicyclic) bond motifs is 3. The fourth-order valence-electron chi connectivity index (χ4n) is 5.06. The summed E-state index contributed by atoms with van der Waals surface area (Å²) in [6.07, 6.45) is 7.93. The zero-order valence-electron chi connectivity index (χ0n) is 21.5. The van der Waals surface area contributed by atoms with E-state index in [0.29, 0.717) is 11.4 Å². The monoisotopic (exact) mass is 505 g/mol. The summed E-state index contributed by atoms with van der Waals surface area (Å²) in [5.74, 6) is -0.0595. The minimum atomic E-state index is -0.348. The average molecular weight is 506 g/mol. The van der Waals surface area contributed by atoms with E-state index in [1.54, 1.807) is 4.90 Å². The predicted molar refractivity (Wildman–Crippen MR) is 147 cm³/mol. The van der Waals surface area contributed by atoms with Crippen LogP contribution in [0.15, 0.2) is 66.9 Å². The maximum Gasteiger partial charge on any atom is 0.247 e.